The summed E-state index contributed by atoms with van der Waals surface area (Å²) in [7, 11) is -3.23. The molecule has 1 aromatic heterocycles. The van der Waals surface area contributed by atoms with Gasteiger partial charge in [-0.15, -0.1) is 0 Å². The first-order chi connectivity index (χ1) is 18.3. The average Bonchev–Trinajstić information content (AvgIpc) is 3.70. The van der Waals surface area contributed by atoms with Gasteiger partial charge in [0, 0.05) is 50.1 Å². The predicted octanol–water partition coefficient (Wildman–Crippen LogP) is 2.71. The fourth-order valence-corrected chi connectivity index (χ4v) is 5.56. The molecule has 2 fully saturated rings. The number of aryl methyl sites for hydroxylation is 1. The van der Waals surface area contributed by atoms with Gasteiger partial charge in [0.25, 0.3) is 0 Å². The second kappa shape index (κ2) is 11.1. The molecule has 11 heteroatoms. The minimum absolute atomic E-state index is 0.215. The fraction of sp³-hybridized carbons (Fsp3) is 0.407. The van der Waals surface area contributed by atoms with E-state index in [9.17, 15) is 12.8 Å². The van der Waals surface area contributed by atoms with E-state index in [0.29, 0.717) is 67.7 Å². The van der Waals surface area contributed by atoms with Crippen LogP contribution in [-0.2, 0) is 16.4 Å². The first-order valence-electron chi connectivity index (χ1n) is 12.7. The van der Waals surface area contributed by atoms with E-state index in [0.717, 1.165) is 30.5 Å². The summed E-state index contributed by atoms with van der Waals surface area (Å²) in [6.07, 6.45) is 3.77. The van der Waals surface area contributed by atoms with E-state index in [4.69, 9.17) is 20.2 Å². The number of nitriles is 1. The van der Waals surface area contributed by atoms with Crippen molar-refractivity contribution in [2.75, 3.05) is 43.9 Å². The molecule has 38 heavy (non-hydrogen) atoms. The fourth-order valence-electron chi connectivity index (χ4n) is 4.74. The lowest BCUT2D eigenvalue weighted by Crippen LogP contribution is -2.49. The van der Waals surface area contributed by atoms with Crippen LogP contribution in [-0.4, -0.2) is 72.7 Å². The van der Waals surface area contributed by atoms with Gasteiger partial charge < -0.3 is 10.2 Å². The molecule has 3 aromatic rings. The third kappa shape index (κ3) is 6.32. The molecule has 9 nitrogen and oxygen atoms in total. The van der Waals surface area contributed by atoms with Crippen LogP contribution in [0.15, 0.2) is 48.5 Å². The van der Waals surface area contributed by atoms with Crippen LogP contribution < -0.4 is 10.2 Å². The molecule has 198 valence electrons. The molecular formula is C27H30FN7O2S. The summed E-state index contributed by atoms with van der Waals surface area (Å²) in [6, 6.07) is 16.4. The Morgan fingerprint density at radius 3 is 2.39 bits per heavy atom. The molecule has 2 aromatic carbocycles. The van der Waals surface area contributed by atoms with Crippen molar-refractivity contribution in [3.63, 3.8) is 0 Å². The Kier molecular flexibility index (Phi) is 7.65. The molecule has 0 spiro atoms. The summed E-state index contributed by atoms with van der Waals surface area (Å²) >= 11 is 0. The highest BCUT2D eigenvalue weighted by Crippen LogP contribution is 2.40. The van der Waals surface area contributed by atoms with Crippen molar-refractivity contribution in [1.82, 2.24) is 24.6 Å². The Bertz CT molecular complexity index is 1420. The third-order valence-electron chi connectivity index (χ3n) is 7.00. The van der Waals surface area contributed by atoms with Crippen molar-refractivity contribution in [3.05, 3.63) is 71.3 Å². The zero-order chi connectivity index (χ0) is 26.7. The second-order valence-corrected chi connectivity index (χ2v) is 11.8. The van der Waals surface area contributed by atoms with Crippen molar-refractivity contribution in [3.8, 4) is 17.5 Å². The van der Waals surface area contributed by atoms with Gasteiger partial charge in [-0.05, 0) is 61.3 Å². The maximum Gasteiger partial charge on any atom is 0.229 e. The summed E-state index contributed by atoms with van der Waals surface area (Å²) in [6.45, 7) is 2.57. The quantitative estimate of drug-likeness (QED) is 0.416. The molecule has 1 aliphatic carbocycles. The predicted molar refractivity (Wildman–Crippen MR) is 142 cm³/mol. The highest BCUT2D eigenvalue weighted by atomic mass is 32.2. The molecule has 1 N–H and O–H groups in total. The molecule has 2 heterocycles. The van der Waals surface area contributed by atoms with Crippen LogP contribution in [0.5, 0.6) is 0 Å². The molecule has 5 rings (SSSR count). The second-order valence-electron chi connectivity index (χ2n) is 9.77. The van der Waals surface area contributed by atoms with Gasteiger partial charge in [0.1, 0.15) is 11.6 Å². The van der Waals surface area contributed by atoms with Crippen LogP contribution in [0.25, 0.3) is 11.4 Å². The summed E-state index contributed by atoms with van der Waals surface area (Å²) in [5, 5.41) is 12.7. The SMILES string of the molecule is CS(=O)(=O)N1CCN(c2nc(CCCN[C@@H]3C[C@H]3c3ccc(F)cc3)nc(-c3ccc(C#N)cc3)n2)CC1. The molecule has 1 aliphatic heterocycles. The Morgan fingerprint density at radius 1 is 1.03 bits per heavy atom. The summed E-state index contributed by atoms with van der Waals surface area (Å²) < 4.78 is 38.5. The van der Waals surface area contributed by atoms with Gasteiger partial charge in [0.15, 0.2) is 5.82 Å². The van der Waals surface area contributed by atoms with Gasteiger partial charge in [0.05, 0.1) is 17.9 Å². The molecule has 0 radical (unpaired) electrons. The molecule has 0 bridgehead atoms. The van der Waals surface area contributed by atoms with Crippen molar-refractivity contribution < 1.29 is 12.8 Å². The lowest BCUT2D eigenvalue weighted by Gasteiger charge is -2.33. The Hall–Kier alpha value is -3.46. The number of halogens is 1. The van der Waals surface area contributed by atoms with Gasteiger partial charge in [-0.2, -0.15) is 19.5 Å². The smallest absolute Gasteiger partial charge is 0.229 e. The van der Waals surface area contributed by atoms with E-state index in [1.54, 1.807) is 12.1 Å². The number of nitrogens with zero attached hydrogens (tertiary/aromatic N) is 6. The van der Waals surface area contributed by atoms with Crippen molar-refractivity contribution in [2.24, 2.45) is 0 Å². The van der Waals surface area contributed by atoms with Crippen molar-refractivity contribution >= 4 is 16.0 Å². The van der Waals surface area contributed by atoms with E-state index >= 15 is 0 Å². The third-order valence-corrected chi connectivity index (χ3v) is 8.31. The number of anilines is 1. The van der Waals surface area contributed by atoms with Gasteiger partial charge in [-0.3, -0.25) is 0 Å². The Morgan fingerprint density at radius 2 is 1.74 bits per heavy atom. The minimum atomic E-state index is -3.23. The number of nitrogens with one attached hydrogen (secondary N) is 1. The number of hydrogen-bond donors (Lipinski definition) is 1. The van der Waals surface area contributed by atoms with E-state index in [1.807, 2.05) is 29.2 Å². The summed E-state index contributed by atoms with van der Waals surface area (Å²) in [5.41, 5.74) is 2.51. The van der Waals surface area contributed by atoms with E-state index < -0.39 is 10.0 Å². The highest BCUT2D eigenvalue weighted by Gasteiger charge is 2.37. The highest BCUT2D eigenvalue weighted by molar-refractivity contribution is 7.88. The number of aromatic nitrogens is 3. The summed E-state index contributed by atoms with van der Waals surface area (Å²) in [4.78, 5) is 16.1. The lowest BCUT2D eigenvalue weighted by atomic mass is 10.1. The van der Waals surface area contributed by atoms with Crippen LogP contribution in [0.4, 0.5) is 10.3 Å². The number of hydrogen-bond acceptors (Lipinski definition) is 8. The maximum absolute atomic E-state index is 13.2. The van der Waals surface area contributed by atoms with Crippen LogP contribution >= 0.6 is 0 Å². The molecule has 2 atom stereocenters. The van der Waals surface area contributed by atoms with Crippen molar-refractivity contribution in [2.45, 2.75) is 31.2 Å². The molecule has 1 saturated carbocycles. The molecule has 0 amide bonds. The van der Waals surface area contributed by atoms with Gasteiger partial charge in [-0.25, -0.2) is 17.8 Å². The van der Waals surface area contributed by atoms with Crippen LogP contribution in [0.3, 0.4) is 0 Å². The topological polar surface area (TPSA) is 115 Å². The maximum atomic E-state index is 13.2. The minimum Gasteiger partial charge on any atom is -0.338 e. The largest absolute Gasteiger partial charge is 0.338 e. The van der Waals surface area contributed by atoms with Gasteiger partial charge >= 0.3 is 0 Å². The van der Waals surface area contributed by atoms with E-state index in [-0.39, 0.29) is 5.82 Å². The van der Waals surface area contributed by atoms with Gasteiger partial charge in [0.2, 0.25) is 16.0 Å². The molecule has 1 saturated heterocycles. The van der Waals surface area contributed by atoms with Crippen LogP contribution in [0.1, 0.15) is 35.7 Å². The molecular weight excluding hydrogens is 505 g/mol. The number of benzene rings is 2. The van der Waals surface area contributed by atoms with E-state index in [2.05, 4.69) is 11.4 Å². The van der Waals surface area contributed by atoms with Crippen LogP contribution in [0, 0.1) is 17.1 Å². The molecule has 2 aliphatic rings. The lowest BCUT2D eigenvalue weighted by molar-refractivity contribution is 0.385. The normalized spacial score (nSPS) is 19.8. The number of sulfonamides is 1. The van der Waals surface area contributed by atoms with Crippen molar-refractivity contribution in [1.29, 1.82) is 5.26 Å². The number of rotatable bonds is 9. The van der Waals surface area contributed by atoms with E-state index in [1.165, 1.54) is 22.7 Å². The molecule has 0 unspecified atom stereocenters. The van der Waals surface area contributed by atoms with Gasteiger partial charge in [-0.1, -0.05) is 12.1 Å². The van der Waals surface area contributed by atoms with Crippen LogP contribution in [0.2, 0.25) is 0 Å². The summed E-state index contributed by atoms with van der Waals surface area (Å²) in [5.74, 6) is 1.95. The standard InChI is InChI=1S/C27H30FN7O2S/c1-38(36,37)35-15-13-34(14-16-35)27-32-25(31-26(33-27)21-6-4-19(18-29)5-7-21)3-2-12-30-24-17-23(24)20-8-10-22(28)11-9-20/h4-11,23-24,30H,2-3,12-17H2,1H3/t23-,24+/m0/s1. The Labute approximate surface area is 222 Å². The Balaban J connectivity index is 1.25. The first kappa shape index (κ1) is 26.2. The monoisotopic (exact) mass is 535 g/mol. The average molecular weight is 536 g/mol. The first-order valence-corrected chi connectivity index (χ1v) is 14.6. The number of piperazine rings is 1. The zero-order valence-electron chi connectivity index (χ0n) is 21.2. The zero-order valence-corrected chi connectivity index (χ0v) is 22.0.